The predicted octanol–water partition coefficient (Wildman–Crippen LogP) is 4.21. The van der Waals surface area contributed by atoms with Crippen molar-refractivity contribution in [3.05, 3.63) is 35.2 Å². The lowest BCUT2D eigenvalue weighted by Crippen LogP contribution is -2.14. The number of nitrogens with zero attached hydrogens (tertiary/aromatic N) is 4. The Morgan fingerprint density at radius 2 is 1.96 bits per heavy atom. The Labute approximate surface area is 153 Å². The second-order valence-corrected chi connectivity index (χ2v) is 9.24. The van der Waals surface area contributed by atoms with Gasteiger partial charge in [0.25, 0.3) is 0 Å². The summed E-state index contributed by atoms with van der Waals surface area (Å²) in [6.45, 7) is 1.79. The van der Waals surface area contributed by atoms with Crippen molar-refractivity contribution in [2.45, 2.75) is 18.0 Å². The third kappa shape index (κ3) is 3.21. The fourth-order valence-electron chi connectivity index (χ4n) is 2.54. The molecular formula is C16H15ClF3N4OS+. The Kier molecular flexibility index (Phi) is 4.56. The summed E-state index contributed by atoms with van der Waals surface area (Å²) in [6, 6.07) is 4.03. The van der Waals surface area contributed by atoms with Crippen LogP contribution in [0, 0.1) is 0 Å². The van der Waals surface area contributed by atoms with E-state index < -0.39 is 21.8 Å². The lowest BCUT2D eigenvalue weighted by molar-refractivity contribution is -0.141. The first-order valence-electron chi connectivity index (χ1n) is 7.58. The van der Waals surface area contributed by atoms with E-state index in [-0.39, 0.29) is 16.5 Å². The van der Waals surface area contributed by atoms with Gasteiger partial charge in [-0.1, -0.05) is 15.8 Å². The van der Waals surface area contributed by atoms with E-state index in [1.54, 1.807) is 30.9 Å². The van der Waals surface area contributed by atoms with Crippen molar-refractivity contribution in [3.8, 4) is 11.5 Å². The molecule has 26 heavy (non-hydrogen) atoms. The molecule has 1 atom stereocenters. The molecule has 3 aromatic heterocycles. The Hall–Kier alpha value is -2.00. The number of fused-ring (bicyclic) bond motifs is 1. The van der Waals surface area contributed by atoms with Crippen molar-refractivity contribution in [2.24, 2.45) is 7.05 Å². The standard InChI is InChI=1S/C16H15ClF3N4OS/c1-4-26(3,25)11-5-6-13(17)23-14(11)15-22-9-7-12(16(18,19)20)21-8-10(9)24(15)2/h5-8H,4H2,1-3H3/q+1. The highest BCUT2D eigenvalue weighted by molar-refractivity contribution is 8.02. The molecule has 0 aliphatic heterocycles. The number of hydrogen-bond donors (Lipinski definition) is 0. The lowest BCUT2D eigenvalue weighted by atomic mass is 10.3. The fraction of sp³-hybridized carbons (Fsp3) is 0.312. The van der Waals surface area contributed by atoms with Gasteiger partial charge in [-0.25, -0.2) is 15.0 Å². The minimum Gasteiger partial charge on any atom is -0.324 e. The van der Waals surface area contributed by atoms with Crippen LogP contribution in [0.5, 0.6) is 0 Å². The van der Waals surface area contributed by atoms with Crippen molar-refractivity contribution in [1.82, 2.24) is 19.5 Å². The van der Waals surface area contributed by atoms with Gasteiger partial charge in [0, 0.05) is 7.05 Å². The molecule has 0 saturated heterocycles. The molecule has 138 valence electrons. The highest BCUT2D eigenvalue weighted by Crippen LogP contribution is 2.33. The first-order chi connectivity index (χ1) is 12.0. The smallest absolute Gasteiger partial charge is 0.324 e. The molecular weight excluding hydrogens is 389 g/mol. The molecule has 1 unspecified atom stereocenters. The van der Waals surface area contributed by atoms with Crippen LogP contribution >= 0.6 is 11.6 Å². The van der Waals surface area contributed by atoms with Gasteiger partial charge in [-0.05, 0) is 25.1 Å². The molecule has 3 heterocycles. The van der Waals surface area contributed by atoms with Crippen molar-refractivity contribution in [1.29, 1.82) is 0 Å². The Morgan fingerprint density at radius 3 is 2.58 bits per heavy atom. The van der Waals surface area contributed by atoms with Crippen molar-refractivity contribution < 1.29 is 17.4 Å². The third-order valence-electron chi connectivity index (χ3n) is 4.11. The number of aromatic nitrogens is 4. The summed E-state index contributed by atoms with van der Waals surface area (Å²) in [6.07, 6.45) is -1.85. The molecule has 0 radical (unpaired) electrons. The van der Waals surface area contributed by atoms with Gasteiger partial charge in [-0.2, -0.15) is 13.2 Å². The summed E-state index contributed by atoms with van der Waals surface area (Å²) < 4.78 is 53.2. The third-order valence-corrected chi connectivity index (χ3v) is 6.68. The van der Waals surface area contributed by atoms with Crippen LogP contribution in [0.1, 0.15) is 12.6 Å². The minimum absolute atomic E-state index is 0.122. The maximum absolute atomic E-state index is 12.9. The number of halogens is 4. The highest BCUT2D eigenvalue weighted by atomic mass is 35.5. The van der Waals surface area contributed by atoms with Crippen LogP contribution < -0.4 is 0 Å². The quantitative estimate of drug-likeness (QED) is 0.485. The summed E-state index contributed by atoms with van der Waals surface area (Å²) >= 11 is 5.99. The summed E-state index contributed by atoms with van der Waals surface area (Å²) in [5, 5.41) is 0.177. The number of aryl methyl sites for hydroxylation is 1. The van der Waals surface area contributed by atoms with E-state index >= 15 is 0 Å². The molecule has 0 aromatic carbocycles. The second-order valence-electron chi connectivity index (χ2n) is 5.82. The van der Waals surface area contributed by atoms with Gasteiger partial charge in [0.2, 0.25) is 0 Å². The van der Waals surface area contributed by atoms with Crippen molar-refractivity contribution in [2.75, 3.05) is 12.0 Å². The normalized spacial score (nSPS) is 14.6. The Morgan fingerprint density at radius 1 is 1.27 bits per heavy atom. The van der Waals surface area contributed by atoms with Gasteiger partial charge < -0.3 is 4.57 Å². The summed E-state index contributed by atoms with van der Waals surface area (Å²) in [7, 11) is -0.765. The topological polar surface area (TPSA) is 60.7 Å². The van der Waals surface area contributed by atoms with Crippen LogP contribution in [0.2, 0.25) is 5.15 Å². The van der Waals surface area contributed by atoms with E-state index in [0.29, 0.717) is 21.9 Å². The van der Waals surface area contributed by atoms with E-state index in [1.807, 2.05) is 0 Å². The maximum Gasteiger partial charge on any atom is 0.433 e. The Bertz CT molecular complexity index is 1050. The average Bonchev–Trinajstić information content (AvgIpc) is 2.90. The minimum atomic E-state index is -4.56. The molecule has 0 N–H and O–H groups in total. The van der Waals surface area contributed by atoms with E-state index in [4.69, 9.17) is 11.6 Å². The van der Waals surface area contributed by atoms with Gasteiger partial charge in [0.15, 0.2) is 16.4 Å². The SMILES string of the molecule is CC[S+](C)(=O)c1ccc(Cl)nc1-c1nc2cc(C(F)(F)F)ncc2n1C. The zero-order chi connectivity index (χ0) is 19.3. The van der Waals surface area contributed by atoms with Crippen LogP contribution in [-0.4, -0.2) is 31.5 Å². The van der Waals surface area contributed by atoms with Gasteiger partial charge in [-0.15, -0.1) is 0 Å². The summed E-state index contributed by atoms with van der Waals surface area (Å²) in [5.41, 5.74) is -0.211. The molecule has 0 fully saturated rings. The van der Waals surface area contributed by atoms with Crippen molar-refractivity contribution in [3.63, 3.8) is 0 Å². The number of rotatable bonds is 3. The van der Waals surface area contributed by atoms with Gasteiger partial charge >= 0.3 is 6.18 Å². The first kappa shape index (κ1) is 18.8. The summed E-state index contributed by atoms with van der Waals surface area (Å²) in [4.78, 5) is 12.5. The molecule has 5 nitrogen and oxygen atoms in total. The lowest BCUT2D eigenvalue weighted by Gasteiger charge is -2.10. The zero-order valence-electron chi connectivity index (χ0n) is 14.1. The monoisotopic (exact) mass is 403 g/mol. The number of pyridine rings is 2. The van der Waals surface area contributed by atoms with Crippen molar-refractivity contribution >= 4 is 32.6 Å². The average molecular weight is 404 g/mol. The van der Waals surface area contributed by atoms with Gasteiger partial charge in [0.1, 0.15) is 32.8 Å². The molecule has 3 aromatic rings. The molecule has 0 saturated carbocycles. The molecule has 3 rings (SSSR count). The van der Waals surface area contributed by atoms with Crippen LogP contribution in [0.4, 0.5) is 13.2 Å². The van der Waals surface area contributed by atoms with Crippen LogP contribution in [0.15, 0.2) is 29.3 Å². The van der Waals surface area contributed by atoms with E-state index in [9.17, 15) is 17.4 Å². The first-order valence-corrected chi connectivity index (χ1v) is 10.1. The number of imidazole rings is 1. The second kappa shape index (κ2) is 6.31. The number of alkyl halides is 3. The zero-order valence-corrected chi connectivity index (χ0v) is 15.7. The van der Waals surface area contributed by atoms with Crippen LogP contribution in [-0.2, 0) is 27.4 Å². The van der Waals surface area contributed by atoms with E-state index in [2.05, 4.69) is 15.0 Å². The molecule has 10 heteroatoms. The maximum atomic E-state index is 12.9. The molecule has 0 bridgehead atoms. The van der Waals surface area contributed by atoms with Crippen LogP contribution in [0.3, 0.4) is 0 Å². The van der Waals surface area contributed by atoms with Gasteiger partial charge in [-0.3, -0.25) is 0 Å². The molecule has 0 amide bonds. The van der Waals surface area contributed by atoms with Crippen LogP contribution in [0.25, 0.3) is 22.6 Å². The van der Waals surface area contributed by atoms with Gasteiger partial charge in [0.05, 0.1) is 17.2 Å². The fourth-order valence-corrected chi connectivity index (χ4v) is 3.90. The molecule has 0 aliphatic rings. The predicted molar refractivity (Wildman–Crippen MR) is 94.5 cm³/mol. The molecule has 0 spiro atoms. The van der Waals surface area contributed by atoms with E-state index in [1.165, 1.54) is 6.07 Å². The van der Waals surface area contributed by atoms with E-state index in [0.717, 1.165) is 12.3 Å². The Balaban J connectivity index is 2.28. The number of hydrogen-bond acceptors (Lipinski definition) is 4. The summed E-state index contributed by atoms with van der Waals surface area (Å²) in [5.74, 6) is 0.661. The molecule has 0 aliphatic carbocycles. The highest BCUT2D eigenvalue weighted by Gasteiger charge is 2.34. The largest absolute Gasteiger partial charge is 0.433 e.